The molecule has 6 nitrogen and oxygen atoms in total. The fourth-order valence-corrected chi connectivity index (χ4v) is 4.81. The van der Waals surface area contributed by atoms with Gasteiger partial charge in [-0.05, 0) is 25.1 Å². The van der Waals surface area contributed by atoms with Crippen molar-refractivity contribution in [3.63, 3.8) is 0 Å². The van der Waals surface area contributed by atoms with Crippen LogP contribution in [0.5, 0.6) is 11.5 Å². The lowest BCUT2D eigenvalue weighted by atomic mass is 10.2. The number of nitrogens with zero attached hydrogens (tertiary/aromatic N) is 3. The molecule has 3 heterocycles. The predicted molar refractivity (Wildman–Crippen MR) is 101 cm³/mol. The number of benzene rings is 2. The molecular weight excluding hydrogens is 370 g/mol. The predicted octanol–water partition coefficient (Wildman–Crippen LogP) is 3.80. The summed E-state index contributed by atoms with van der Waals surface area (Å²) in [7, 11) is 0. The summed E-state index contributed by atoms with van der Waals surface area (Å²) in [4.78, 5) is 22.0. The highest BCUT2D eigenvalue weighted by Crippen LogP contribution is 2.37. The van der Waals surface area contributed by atoms with Crippen molar-refractivity contribution in [3.05, 3.63) is 46.2 Å². The van der Waals surface area contributed by atoms with Crippen LogP contribution in [0.4, 0.5) is 0 Å². The van der Waals surface area contributed by atoms with Crippen LogP contribution in [0.2, 0.25) is 0 Å². The van der Waals surface area contributed by atoms with E-state index in [4.69, 9.17) is 9.47 Å². The zero-order valence-corrected chi connectivity index (χ0v) is 15.4. The Balaban J connectivity index is 1.63. The van der Waals surface area contributed by atoms with Crippen molar-refractivity contribution in [1.29, 1.82) is 0 Å². The average Bonchev–Trinajstić information content (AvgIpc) is 3.36. The normalized spacial score (nSPS) is 13.8. The molecule has 26 heavy (non-hydrogen) atoms. The number of fused-ring (bicyclic) bond motifs is 3. The van der Waals surface area contributed by atoms with Crippen LogP contribution >= 0.6 is 22.7 Å². The molecule has 0 N–H and O–H groups in total. The first-order chi connectivity index (χ1) is 12.7. The zero-order valence-electron chi connectivity index (χ0n) is 13.8. The van der Waals surface area contributed by atoms with Gasteiger partial charge in [0.05, 0.1) is 25.9 Å². The Morgan fingerprint density at radius 3 is 2.92 bits per heavy atom. The first kappa shape index (κ1) is 15.5. The van der Waals surface area contributed by atoms with Gasteiger partial charge in [-0.2, -0.15) is 4.99 Å². The Bertz CT molecular complexity index is 1240. The average molecular weight is 383 g/mol. The lowest BCUT2D eigenvalue weighted by Crippen LogP contribution is -2.15. The minimum Gasteiger partial charge on any atom is -0.454 e. The minimum absolute atomic E-state index is 0.245. The quantitative estimate of drug-likeness (QED) is 0.528. The fourth-order valence-electron chi connectivity index (χ4n) is 2.99. The number of aryl methyl sites for hydroxylation is 1. The first-order valence-corrected chi connectivity index (χ1v) is 9.78. The molecule has 0 spiro atoms. The van der Waals surface area contributed by atoms with E-state index in [0.29, 0.717) is 16.9 Å². The van der Waals surface area contributed by atoms with Gasteiger partial charge >= 0.3 is 0 Å². The van der Waals surface area contributed by atoms with E-state index >= 15 is 0 Å². The zero-order chi connectivity index (χ0) is 17.7. The Morgan fingerprint density at radius 1 is 1.23 bits per heavy atom. The van der Waals surface area contributed by atoms with Crippen molar-refractivity contribution in [2.24, 2.45) is 4.99 Å². The summed E-state index contributed by atoms with van der Waals surface area (Å²) < 4.78 is 14.9. The lowest BCUT2D eigenvalue weighted by Gasteiger charge is -2.01. The van der Waals surface area contributed by atoms with Gasteiger partial charge in [-0.1, -0.05) is 11.3 Å². The summed E-state index contributed by atoms with van der Waals surface area (Å²) in [5, 5.41) is 0. The second-order valence-electron chi connectivity index (χ2n) is 5.75. The number of ether oxygens (including phenoxy) is 2. The maximum Gasteiger partial charge on any atom is 0.279 e. The van der Waals surface area contributed by atoms with Crippen LogP contribution in [0.1, 0.15) is 17.3 Å². The summed E-state index contributed by atoms with van der Waals surface area (Å²) in [6.45, 7) is 2.98. The van der Waals surface area contributed by atoms with Gasteiger partial charge in [-0.3, -0.25) is 4.79 Å². The molecular formula is C18H13N3O3S2. The molecule has 8 heteroatoms. The summed E-state index contributed by atoms with van der Waals surface area (Å²) in [5.41, 5.74) is 4.23. The smallest absolute Gasteiger partial charge is 0.279 e. The van der Waals surface area contributed by atoms with E-state index in [1.165, 1.54) is 22.7 Å². The number of hydrogen-bond acceptors (Lipinski definition) is 6. The minimum atomic E-state index is -0.255. The van der Waals surface area contributed by atoms with Crippen LogP contribution in [-0.4, -0.2) is 22.3 Å². The van der Waals surface area contributed by atoms with Crippen molar-refractivity contribution in [2.45, 2.75) is 13.5 Å². The van der Waals surface area contributed by atoms with Crippen molar-refractivity contribution in [3.8, 4) is 11.5 Å². The molecule has 1 aliphatic heterocycles. The highest BCUT2D eigenvalue weighted by atomic mass is 32.1. The van der Waals surface area contributed by atoms with Crippen LogP contribution in [-0.2, 0) is 6.54 Å². The van der Waals surface area contributed by atoms with Gasteiger partial charge in [0.2, 0.25) is 6.79 Å². The summed E-state index contributed by atoms with van der Waals surface area (Å²) in [6.07, 6.45) is 0. The lowest BCUT2D eigenvalue weighted by molar-refractivity contribution is 0.0998. The molecule has 5 rings (SSSR count). The van der Waals surface area contributed by atoms with E-state index < -0.39 is 0 Å². The van der Waals surface area contributed by atoms with Gasteiger partial charge in [-0.15, -0.1) is 11.3 Å². The molecule has 0 atom stereocenters. The SMILES string of the molecule is CCn1c(=NC(=O)c2ccc3ncsc3c2)sc2cc3c(cc21)OCO3. The van der Waals surface area contributed by atoms with Crippen LogP contribution in [0.15, 0.2) is 40.8 Å². The van der Waals surface area contributed by atoms with Crippen molar-refractivity contribution in [2.75, 3.05) is 6.79 Å². The molecule has 1 aliphatic rings. The third kappa shape index (κ3) is 2.41. The van der Waals surface area contributed by atoms with Crippen LogP contribution in [0, 0.1) is 0 Å². The molecule has 4 aromatic rings. The monoisotopic (exact) mass is 383 g/mol. The molecule has 0 saturated carbocycles. The van der Waals surface area contributed by atoms with E-state index in [2.05, 4.69) is 9.98 Å². The van der Waals surface area contributed by atoms with Crippen molar-refractivity contribution < 1.29 is 14.3 Å². The largest absolute Gasteiger partial charge is 0.454 e. The van der Waals surface area contributed by atoms with Crippen molar-refractivity contribution in [1.82, 2.24) is 9.55 Å². The third-order valence-electron chi connectivity index (χ3n) is 4.27. The molecule has 0 aliphatic carbocycles. The van der Waals surface area contributed by atoms with Gasteiger partial charge in [-0.25, -0.2) is 4.98 Å². The molecule has 2 aromatic carbocycles. The van der Waals surface area contributed by atoms with E-state index in [-0.39, 0.29) is 12.7 Å². The van der Waals surface area contributed by atoms with Crippen molar-refractivity contribution >= 4 is 49.0 Å². The first-order valence-electron chi connectivity index (χ1n) is 8.08. The van der Waals surface area contributed by atoms with E-state index in [1.54, 1.807) is 11.6 Å². The third-order valence-corrected chi connectivity index (χ3v) is 6.10. The Kier molecular flexibility index (Phi) is 3.54. The highest BCUT2D eigenvalue weighted by molar-refractivity contribution is 7.17. The molecule has 0 saturated heterocycles. The molecule has 0 radical (unpaired) electrons. The van der Waals surface area contributed by atoms with Gasteiger partial charge in [0.15, 0.2) is 16.3 Å². The molecule has 1 amide bonds. The molecule has 2 aromatic heterocycles. The van der Waals surface area contributed by atoms with Crippen LogP contribution < -0.4 is 14.3 Å². The summed E-state index contributed by atoms with van der Waals surface area (Å²) in [6, 6.07) is 9.37. The number of thiazole rings is 2. The van der Waals surface area contributed by atoms with Gasteiger partial charge in [0.25, 0.3) is 5.91 Å². The van der Waals surface area contributed by atoms with Crippen LogP contribution in [0.25, 0.3) is 20.4 Å². The number of amides is 1. The highest BCUT2D eigenvalue weighted by Gasteiger charge is 2.17. The maximum atomic E-state index is 12.7. The van der Waals surface area contributed by atoms with E-state index in [1.807, 2.05) is 35.8 Å². The van der Waals surface area contributed by atoms with Gasteiger partial charge < -0.3 is 14.0 Å². The number of aromatic nitrogens is 2. The second-order valence-corrected chi connectivity index (χ2v) is 7.65. The Hall–Kier alpha value is -2.71. The standard InChI is InChI=1S/C18H13N3O3S2/c1-2-21-12-6-13-14(24-9-23-13)7-16(12)26-18(21)20-17(22)10-3-4-11-15(5-10)25-8-19-11/h3-8H,2,9H2,1H3. The fraction of sp³-hybridized carbons (Fsp3) is 0.167. The number of carbonyl (C=O) groups is 1. The Morgan fingerprint density at radius 2 is 2.08 bits per heavy atom. The second kappa shape index (κ2) is 5.93. The molecule has 0 unspecified atom stereocenters. The summed E-state index contributed by atoms with van der Waals surface area (Å²) in [5.74, 6) is 1.20. The number of carbonyl (C=O) groups excluding carboxylic acids is 1. The molecule has 0 bridgehead atoms. The summed E-state index contributed by atoms with van der Waals surface area (Å²) >= 11 is 2.99. The van der Waals surface area contributed by atoms with Gasteiger partial charge in [0.1, 0.15) is 0 Å². The molecule has 0 fully saturated rings. The number of rotatable bonds is 2. The van der Waals surface area contributed by atoms with Gasteiger partial charge in [0, 0.05) is 24.2 Å². The molecule has 130 valence electrons. The van der Waals surface area contributed by atoms with E-state index in [9.17, 15) is 4.79 Å². The van der Waals surface area contributed by atoms with Crippen LogP contribution in [0.3, 0.4) is 0 Å². The maximum absolute atomic E-state index is 12.7. The topological polar surface area (TPSA) is 65.7 Å². The Labute approximate surface area is 156 Å². The van der Waals surface area contributed by atoms with E-state index in [0.717, 1.165) is 31.9 Å². The number of hydrogen-bond donors (Lipinski definition) is 0.